The third kappa shape index (κ3) is 4.13. The Morgan fingerprint density at radius 3 is 2.58 bits per heavy atom. The molecule has 2 fully saturated rings. The molecule has 5 N–H and O–H groups in total. The summed E-state index contributed by atoms with van der Waals surface area (Å²) in [7, 11) is 0. The maximum Gasteiger partial charge on any atom is 0.253 e. The van der Waals surface area contributed by atoms with Crippen LogP contribution < -0.4 is 21.7 Å². The molecule has 2 bridgehead atoms. The molecule has 130 valence electrons. The molecule has 2 atom stereocenters. The molecule has 1 aromatic rings. The molecule has 6 nitrogen and oxygen atoms in total. The average Bonchev–Trinajstić information content (AvgIpc) is 2.91. The maximum atomic E-state index is 12.4. The number of rotatable bonds is 6. The number of nitrogens with one attached hydrogen (secondary N) is 3. The summed E-state index contributed by atoms with van der Waals surface area (Å²) in [5, 5.41) is 9.25. The zero-order valence-corrected chi connectivity index (χ0v) is 13.9. The van der Waals surface area contributed by atoms with Gasteiger partial charge in [-0.1, -0.05) is 12.1 Å². The van der Waals surface area contributed by atoms with Crippen LogP contribution in [0.25, 0.3) is 0 Å². The molecular formula is C18H26N4O2. The Morgan fingerprint density at radius 2 is 1.88 bits per heavy atom. The molecule has 6 heteroatoms. The van der Waals surface area contributed by atoms with Crippen LogP contribution in [-0.4, -0.2) is 37.0 Å². The van der Waals surface area contributed by atoms with E-state index in [4.69, 9.17) is 5.73 Å². The second kappa shape index (κ2) is 7.77. The highest BCUT2D eigenvalue weighted by Gasteiger charge is 2.34. The highest BCUT2D eigenvalue weighted by molar-refractivity contribution is 6.03. The number of anilines is 1. The van der Waals surface area contributed by atoms with E-state index >= 15 is 0 Å². The Bertz CT molecular complexity index is 592. The average molecular weight is 330 g/mol. The minimum atomic E-state index is -0.212. The maximum absolute atomic E-state index is 12.4. The lowest BCUT2D eigenvalue weighted by molar-refractivity contribution is -0.117. The smallest absolute Gasteiger partial charge is 0.253 e. The van der Waals surface area contributed by atoms with Crippen LogP contribution in [0, 0.1) is 5.92 Å². The van der Waals surface area contributed by atoms with E-state index in [2.05, 4.69) is 16.0 Å². The Balaban J connectivity index is 1.59. The monoisotopic (exact) mass is 330 g/mol. The van der Waals surface area contributed by atoms with E-state index < -0.39 is 0 Å². The predicted molar refractivity (Wildman–Crippen MR) is 93.7 cm³/mol. The van der Waals surface area contributed by atoms with E-state index in [1.54, 1.807) is 18.2 Å². The van der Waals surface area contributed by atoms with Gasteiger partial charge in [0.05, 0.1) is 11.3 Å². The molecule has 2 heterocycles. The Kier molecular flexibility index (Phi) is 5.48. The number of carbonyl (C=O) groups is 2. The summed E-state index contributed by atoms with van der Waals surface area (Å²) < 4.78 is 0. The summed E-state index contributed by atoms with van der Waals surface area (Å²) in [6.07, 6.45) is 5.12. The van der Waals surface area contributed by atoms with Gasteiger partial charge < -0.3 is 21.7 Å². The van der Waals surface area contributed by atoms with Crippen molar-refractivity contribution in [2.45, 2.75) is 44.2 Å². The molecule has 2 aliphatic heterocycles. The molecular weight excluding hydrogens is 304 g/mol. The van der Waals surface area contributed by atoms with Gasteiger partial charge in [-0.2, -0.15) is 0 Å². The van der Waals surface area contributed by atoms with Crippen LogP contribution in [0.5, 0.6) is 0 Å². The van der Waals surface area contributed by atoms with Gasteiger partial charge in [0.25, 0.3) is 5.91 Å². The molecule has 24 heavy (non-hydrogen) atoms. The fraction of sp³-hybridized carbons (Fsp3) is 0.556. The third-order valence-electron chi connectivity index (χ3n) is 4.92. The largest absolute Gasteiger partial charge is 0.351 e. The first-order chi connectivity index (χ1) is 11.7. The van der Waals surface area contributed by atoms with Crippen LogP contribution in [0.2, 0.25) is 0 Å². The number of para-hydroxylation sites is 1. The molecule has 0 aromatic heterocycles. The van der Waals surface area contributed by atoms with E-state index in [0.717, 1.165) is 12.8 Å². The van der Waals surface area contributed by atoms with E-state index in [0.29, 0.717) is 48.8 Å². The first-order valence-corrected chi connectivity index (χ1v) is 8.79. The van der Waals surface area contributed by atoms with Crippen molar-refractivity contribution in [3.05, 3.63) is 29.8 Å². The molecule has 0 radical (unpaired) electrons. The van der Waals surface area contributed by atoms with Gasteiger partial charge in [-0.3, -0.25) is 9.59 Å². The lowest BCUT2D eigenvalue weighted by Crippen LogP contribution is -2.39. The van der Waals surface area contributed by atoms with Crippen molar-refractivity contribution in [2.75, 3.05) is 18.4 Å². The van der Waals surface area contributed by atoms with E-state index in [9.17, 15) is 9.59 Å². The summed E-state index contributed by atoms with van der Waals surface area (Å²) >= 11 is 0. The molecule has 0 saturated carbocycles. The lowest BCUT2D eigenvalue weighted by Gasteiger charge is -2.28. The first kappa shape index (κ1) is 16.9. The standard InChI is InChI=1S/C18H26N4O2/c19-7-8-20-18(24)15-3-1-2-4-16(15)22-17(23)11-12-9-13-5-6-14(10-12)21-13/h1-4,12-14,21H,5-11,19H2,(H,20,24)(H,22,23). The van der Waals surface area contributed by atoms with Crippen molar-refractivity contribution >= 4 is 17.5 Å². The molecule has 2 unspecified atom stereocenters. The minimum Gasteiger partial charge on any atom is -0.351 e. The van der Waals surface area contributed by atoms with Crippen molar-refractivity contribution in [1.82, 2.24) is 10.6 Å². The van der Waals surface area contributed by atoms with Crippen molar-refractivity contribution in [1.29, 1.82) is 0 Å². The number of hydrogen-bond donors (Lipinski definition) is 4. The number of piperidine rings is 1. The Labute approximate surface area is 142 Å². The van der Waals surface area contributed by atoms with E-state index in [1.165, 1.54) is 12.8 Å². The van der Waals surface area contributed by atoms with Crippen LogP contribution in [0.15, 0.2) is 24.3 Å². The van der Waals surface area contributed by atoms with Gasteiger partial charge in [0.2, 0.25) is 5.91 Å². The van der Waals surface area contributed by atoms with Gasteiger partial charge in [0.15, 0.2) is 0 Å². The van der Waals surface area contributed by atoms with Crippen molar-refractivity contribution in [3.8, 4) is 0 Å². The Hall–Kier alpha value is -1.92. The zero-order valence-electron chi connectivity index (χ0n) is 13.9. The SMILES string of the molecule is NCCNC(=O)c1ccccc1NC(=O)CC1CC2CCC(C1)N2. The second-order valence-corrected chi connectivity index (χ2v) is 6.82. The fourth-order valence-electron chi connectivity index (χ4n) is 3.88. The highest BCUT2D eigenvalue weighted by Crippen LogP contribution is 2.32. The number of amides is 2. The number of carbonyl (C=O) groups excluding carboxylic acids is 2. The first-order valence-electron chi connectivity index (χ1n) is 8.79. The van der Waals surface area contributed by atoms with Crippen LogP contribution in [0.3, 0.4) is 0 Å². The van der Waals surface area contributed by atoms with Gasteiger partial charge in [-0.25, -0.2) is 0 Å². The van der Waals surface area contributed by atoms with Gasteiger partial charge in [-0.15, -0.1) is 0 Å². The summed E-state index contributed by atoms with van der Waals surface area (Å²) in [5.74, 6) is 0.207. The predicted octanol–water partition coefficient (Wildman–Crippen LogP) is 1.23. The van der Waals surface area contributed by atoms with Gasteiger partial charge in [-0.05, 0) is 43.7 Å². The normalized spacial score (nSPS) is 25.3. The number of fused-ring (bicyclic) bond motifs is 2. The second-order valence-electron chi connectivity index (χ2n) is 6.82. The van der Waals surface area contributed by atoms with E-state index in [-0.39, 0.29) is 11.8 Å². The summed E-state index contributed by atoms with van der Waals surface area (Å²) in [6.45, 7) is 0.803. The van der Waals surface area contributed by atoms with Crippen LogP contribution in [0.4, 0.5) is 5.69 Å². The number of benzene rings is 1. The quantitative estimate of drug-likeness (QED) is 0.631. The third-order valence-corrected chi connectivity index (χ3v) is 4.92. The number of nitrogens with two attached hydrogens (primary N) is 1. The van der Waals surface area contributed by atoms with E-state index in [1.807, 2.05) is 6.07 Å². The van der Waals surface area contributed by atoms with Gasteiger partial charge >= 0.3 is 0 Å². The van der Waals surface area contributed by atoms with Crippen LogP contribution in [0.1, 0.15) is 42.5 Å². The van der Waals surface area contributed by atoms with Gasteiger partial charge in [0.1, 0.15) is 0 Å². The Morgan fingerprint density at radius 1 is 1.17 bits per heavy atom. The minimum absolute atomic E-state index is 0.0135. The molecule has 2 amide bonds. The molecule has 0 aliphatic carbocycles. The summed E-state index contributed by atoms with van der Waals surface area (Å²) in [5.41, 5.74) is 6.46. The molecule has 3 rings (SSSR count). The fourth-order valence-corrected chi connectivity index (χ4v) is 3.88. The summed E-state index contributed by atoms with van der Waals surface area (Å²) in [4.78, 5) is 24.6. The zero-order chi connectivity index (χ0) is 16.9. The molecule has 2 saturated heterocycles. The van der Waals surface area contributed by atoms with Crippen molar-refractivity contribution in [3.63, 3.8) is 0 Å². The van der Waals surface area contributed by atoms with Crippen molar-refractivity contribution in [2.24, 2.45) is 11.7 Å². The molecule has 1 aromatic carbocycles. The molecule has 0 spiro atoms. The summed E-state index contributed by atoms with van der Waals surface area (Å²) in [6, 6.07) is 8.25. The highest BCUT2D eigenvalue weighted by atomic mass is 16.2. The topological polar surface area (TPSA) is 96.2 Å². The molecule has 2 aliphatic rings. The van der Waals surface area contributed by atoms with Crippen LogP contribution in [-0.2, 0) is 4.79 Å². The number of hydrogen-bond acceptors (Lipinski definition) is 4. The van der Waals surface area contributed by atoms with Gasteiger partial charge in [0, 0.05) is 31.6 Å². The van der Waals surface area contributed by atoms with Crippen LogP contribution >= 0.6 is 0 Å². The van der Waals surface area contributed by atoms with Crippen molar-refractivity contribution < 1.29 is 9.59 Å². The lowest BCUT2D eigenvalue weighted by atomic mass is 9.89.